The van der Waals surface area contributed by atoms with Gasteiger partial charge >= 0.3 is 0 Å². The Kier molecular flexibility index (Phi) is 5.16. The summed E-state index contributed by atoms with van der Waals surface area (Å²) in [6.07, 6.45) is 5.01. The highest BCUT2D eigenvalue weighted by atomic mass is 16.5. The first-order chi connectivity index (χ1) is 12.1. The van der Waals surface area contributed by atoms with E-state index in [-0.39, 0.29) is 29.6 Å². The number of hydrogen-bond donors (Lipinski definition) is 1. The van der Waals surface area contributed by atoms with Gasteiger partial charge in [-0.3, -0.25) is 19.3 Å². The fourth-order valence-corrected chi connectivity index (χ4v) is 3.33. The van der Waals surface area contributed by atoms with Gasteiger partial charge in [0, 0.05) is 0 Å². The number of ether oxygens (including phenoxy) is 1. The fraction of sp³-hybridized carbons (Fsp3) is 0.421. The molecule has 25 heavy (non-hydrogen) atoms. The van der Waals surface area contributed by atoms with Gasteiger partial charge < -0.3 is 10.1 Å². The van der Waals surface area contributed by atoms with Crippen molar-refractivity contribution < 1.29 is 19.1 Å². The number of amides is 3. The number of hydrogen-bond acceptors (Lipinski definition) is 4. The minimum absolute atomic E-state index is 0.234. The number of para-hydroxylation sites is 1. The van der Waals surface area contributed by atoms with Crippen molar-refractivity contribution in [3.8, 4) is 5.75 Å². The van der Waals surface area contributed by atoms with Crippen LogP contribution in [0, 0.1) is 11.8 Å². The number of allylic oxidation sites excluding steroid dienone is 2. The van der Waals surface area contributed by atoms with Gasteiger partial charge in [-0.1, -0.05) is 30.4 Å². The Balaban J connectivity index is 1.50. The highest BCUT2D eigenvalue weighted by molar-refractivity contribution is 6.08. The van der Waals surface area contributed by atoms with Crippen molar-refractivity contribution in [3.63, 3.8) is 0 Å². The van der Waals surface area contributed by atoms with E-state index in [9.17, 15) is 14.4 Å². The molecular weight excluding hydrogens is 320 g/mol. The first kappa shape index (κ1) is 17.2. The summed E-state index contributed by atoms with van der Waals surface area (Å²) >= 11 is 0. The van der Waals surface area contributed by atoms with Crippen LogP contribution in [-0.2, 0) is 14.4 Å². The van der Waals surface area contributed by atoms with Crippen LogP contribution in [-0.4, -0.2) is 41.8 Å². The number of likely N-dealkylation sites (tertiary alicyclic amines) is 1. The van der Waals surface area contributed by atoms with Crippen LogP contribution in [0.25, 0.3) is 0 Å². The minimum atomic E-state index is -0.803. The van der Waals surface area contributed by atoms with Gasteiger partial charge in [0.15, 0.2) is 0 Å². The third-order valence-corrected chi connectivity index (χ3v) is 4.72. The molecule has 6 heteroatoms. The van der Waals surface area contributed by atoms with Gasteiger partial charge in [-0.15, -0.1) is 0 Å². The van der Waals surface area contributed by atoms with Crippen molar-refractivity contribution in [3.05, 3.63) is 42.5 Å². The van der Waals surface area contributed by atoms with E-state index in [2.05, 4.69) is 5.32 Å². The molecule has 3 amide bonds. The topological polar surface area (TPSA) is 75.7 Å². The zero-order chi connectivity index (χ0) is 17.8. The minimum Gasteiger partial charge on any atom is -0.492 e. The molecule has 3 atom stereocenters. The van der Waals surface area contributed by atoms with E-state index in [1.54, 1.807) is 6.92 Å². The summed E-state index contributed by atoms with van der Waals surface area (Å²) in [7, 11) is 0. The van der Waals surface area contributed by atoms with E-state index in [0.29, 0.717) is 26.0 Å². The molecule has 0 bridgehead atoms. The number of nitrogens with zero attached hydrogens (tertiary/aromatic N) is 1. The van der Waals surface area contributed by atoms with Crippen molar-refractivity contribution in [2.24, 2.45) is 11.8 Å². The van der Waals surface area contributed by atoms with Crippen LogP contribution in [0.1, 0.15) is 19.8 Å². The molecular formula is C19H22N2O4. The van der Waals surface area contributed by atoms with Gasteiger partial charge in [0.25, 0.3) is 0 Å². The highest BCUT2D eigenvalue weighted by Gasteiger charge is 2.49. The zero-order valence-corrected chi connectivity index (χ0v) is 14.2. The van der Waals surface area contributed by atoms with E-state index in [0.717, 1.165) is 10.6 Å². The van der Waals surface area contributed by atoms with E-state index in [4.69, 9.17) is 4.74 Å². The summed E-state index contributed by atoms with van der Waals surface area (Å²) in [6, 6.07) is 8.50. The molecule has 1 aliphatic heterocycles. The van der Waals surface area contributed by atoms with E-state index >= 15 is 0 Å². The third-order valence-electron chi connectivity index (χ3n) is 4.72. The molecule has 1 aliphatic carbocycles. The lowest BCUT2D eigenvalue weighted by molar-refractivity contribution is -0.147. The second-order valence-electron chi connectivity index (χ2n) is 6.33. The molecule has 0 saturated carbocycles. The average Bonchev–Trinajstić information content (AvgIpc) is 2.90. The van der Waals surface area contributed by atoms with Crippen molar-refractivity contribution in [2.75, 3.05) is 13.2 Å². The first-order valence-electron chi connectivity index (χ1n) is 8.57. The Morgan fingerprint density at radius 3 is 2.36 bits per heavy atom. The lowest BCUT2D eigenvalue weighted by Crippen LogP contribution is -2.49. The van der Waals surface area contributed by atoms with Crippen LogP contribution in [0.5, 0.6) is 5.75 Å². The molecule has 1 aromatic carbocycles. The largest absolute Gasteiger partial charge is 0.492 e. The lowest BCUT2D eigenvalue weighted by atomic mass is 9.85. The molecule has 0 aromatic heterocycles. The van der Waals surface area contributed by atoms with Gasteiger partial charge in [-0.05, 0) is 31.9 Å². The van der Waals surface area contributed by atoms with Crippen LogP contribution in [0.15, 0.2) is 42.5 Å². The van der Waals surface area contributed by atoms with Gasteiger partial charge in [0.05, 0.1) is 18.4 Å². The Labute approximate surface area is 146 Å². The number of imide groups is 1. The van der Waals surface area contributed by atoms with Crippen molar-refractivity contribution >= 4 is 17.7 Å². The maximum absolute atomic E-state index is 12.5. The molecule has 2 aliphatic rings. The number of rotatable bonds is 6. The monoisotopic (exact) mass is 342 g/mol. The normalized spacial score (nSPS) is 23.3. The van der Waals surface area contributed by atoms with E-state index in [1.165, 1.54) is 0 Å². The third kappa shape index (κ3) is 3.57. The summed E-state index contributed by atoms with van der Waals surface area (Å²) in [5.74, 6) is -0.704. The molecule has 1 heterocycles. The molecule has 0 spiro atoms. The van der Waals surface area contributed by atoms with Crippen molar-refractivity contribution in [1.29, 1.82) is 0 Å². The summed E-state index contributed by atoms with van der Waals surface area (Å²) in [5.41, 5.74) is 0. The predicted molar refractivity (Wildman–Crippen MR) is 91.6 cm³/mol. The second kappa shape index (κ2) is 7.51. The van der Waals surface area contributed by atoms with Crippen LogP contribution in [0.3, 0.4) is 0 Å². The fourth-order valence-electron chi connectivity index (χ4n) is 3.33. The smallest absolute Gasteiger partial charge is 0.243 e. The van der Waals surface area contributed by atoms with Crippen LogP contribution < -0.4 is 10.1 Å². The summed E-state index contributed by atoms with van der Waals surface area (Å²) in [4.78, 5) is 38.4. The lowest BCUT2D eigenvalue weighted by Gasteiger charge is -2.22. The Bertz CT molecular complexity index is 660. The number of benzene rings is 1. The number of nitrogens with one attached hydrogen (secondary N) is 1. The SMILES string of the molecule is C[C@H](C(=O)NCCOc1ccccc1)N1C(=O)[C@@H]2CC=CC[C@H]2C1=O. The summed E-state index contributed by atoms with van der Waals surface area (Å²) < 4.78 is 5.51. The van der Waals surface area contributed by atoms with Crippen LogP contribution >= 0.6 is 0 Å². The van der Waals surface area contributed by atoms with Gasteiger partial charge in [-0.25, -0.2) is 0 Å². The van der Waals surface area contributed by atoms with Gasteiger partial charge in [0.1, 0.15) is 18.4 Å². The quantitative estimate of drug-likeness (QED) is 0.483. The van der Waals surface area contributed by atoms with Crippen LogP contribution in [0.4, 0.5) is 0 Å². The van der Waals surface area contributed by atoms with E-state index < -0.39 is 6.04 Å². The molecule has 3 rings (SSSR count). The first-order valence-corrected chi connectivity index (χ1v) is 8.57. The molecule has 6 nitrogen and oxygen atoms in total. The van der Waals surface area contributed by atoms with Crippen LogP contribution in [0.2, 0.25) is 0 Å². The molecule has 0 unspecified atom stereocenters. The molecule has 1 saturated heterocycles. The number of fused-ring (bicyclic) bond motifs is 1. The highest BCUT2D eigenvalue weighted by Crippen LogP contribution is 2.36. The van der Waals surface area contributed by atoms with Crippen molar-refractivity contribution in [1.82, 2.24) is 10.2 Å². The number of carbonyl (C=O) groups is 3. The molecule has 0 radical (unpaired) electrons. The molecule has 1 aromatic rings. The molecule has 132 valence electrons. The molecule has 1 N–H and O–H groups in total. The van der Waals surface area contributed by atoms with E-state index in [1.807, 2.05) is 42.5 Å². The molecule has 1 fully saturated rings. The summed E-state index contributed by atoms with van der Waals surface area (Å²) in [6.45, 7) is 2.22. The maximum atomic E-state index is 12.5. The van der Waals surface area contributed by atoms with Gasteiger partial charge in [-0.2, -0.15) is 0 Å². The maximum Gasteiger partial charge on any atom is 0.243 e. The Hall–Kier alpha value is -2.63. The Morgan fingerprint density at radius 2 is 1.76 bits per heavy atom. The average molecular weight is 342 g/mol. The number of carbonyl (C=O) groups excluding carboxylic acids is 3. The summed E-state index contributed by atoms with van der Waals surface area (Å²) in [5, 5.41) is 2.73. The van der Waals surface area contributed by atoms with Gasteiger partial charge in [0.2, 0.25) is 17.7 Å². The Morgan fingerprint density at radius 1 is 1.16 bits per heavy atom. The second-order valence-corrected chi connectivity index (χ2v) is 6.33. The predicted octanol–water partition coefficient (Wildman–Crippen LogP) is 1.52. The zero-order valence-electron chi connectivity index (χ0n) is 14.2. The van der Waals surface area contributed by atoms with Crippen molar-refractivity contribution in [2.45, 2.75) is 25.8 Å². The standard InChI is InChI=1S/C19H22N2O4/c1-13(17(22)20-11-12-25-14-7-3-2-4-8-14)21-18(23)15-9-5-6-10-16(15)19(21)24/h2-8,13,15-16H,9-12H2,1H3,(H,20,22)/t13-,15-,16-/m1/s1.